The van der Waals surface area contributed by atoms with Crippen molar-refractivity contribution in [2.75, 3.05) is 11.5 Å². The fourth-order valence-electron chi connectivity index (χ4n) is 2.26. The summed E-state index contributed by atoms with van der Waals surface area (Å²) < 4.78 is 0. The van der Waals surface area contributed by atoms with E-state index in [1.165, 1.54) is 0 Å². The van der Waals surface area contributed by atoms with Gasteiger partial charge in [-0.3, -0.25) is 9.59 Å². The molecule has 0 saturated heterocycles. The molecule has 0 unspecified atom stereocenters. The number of aliphatic carboxylic acids is 2. The molecule has 9 heteroatoms. The second-order valence-electron chi connectivity index (χ2n) is 5.12. The predicted molar refractivity (Wildman–Crippen MR) is 99.5 cm³/mol. The first-order valence-corrected chi connectivity index (χ1v) is 9.43. The van der Waals surface area contributed by atoms with Crippen molar-refractivity contribution in [2.45, 2.75) is 10.3 Å². The molecule has 3 aromatic rings. The Kier molecular flexibility index (Phi) is 5.69. The van der Waals surface area contributed by atoms with Crippen molar-refractivity contribution in [3.8, 4) is 11.4 Å². The summed E-state index contributed by atoms with van der Waals surface area (Å²) in [4.78, 5) is 34.6. The molecule has 2 aromatic carbocycles. The van der Waals surface area contributed by atoms with Crippen LogP contribution in [0.1, 0.15) is 0 Å². The summed E-state index contributed by atoms with van der Waals surface area (Å²) in [5.74, 6) is -1.97. The highest BCUT2D eigenvalue weighted by Gasteiger charge is 2.14. The van der Waals surface area contributed by atoms with Gasteiger partial charge in [0.15, 0.2) is 16.1 Å². The van der Waals surface area contributed by atoms with E-state index >= 15 is 0 Å². The number of aromatic nitrogens is 3. The molecule has 0 bridgehead atoms. The quantitative estimate of drug-likeness (QED) is 0.590. The minimum atomic E-state index is -0.984. The van der Waals surface area contributed by atoms with E-state index in [2.05, 4.69) is 15.0 Å². The van der Waals surface area contributed by atoms with Crippen LogP contribution in [0, 0.1) is 0 Å². The molecule has 1 aromatic heterocycles. The number of benzene rings is 2. The number of carboxylic acid groups (broad SMARTS) is 2. The zero-order valence-electron chi connectivity index (χ0n) is 13.3. The molecule has 0 aliphatic rings. The highest BCUT2D eigenvalue weighted by atomic mass is 32.2. The third-order valence-electron chi connectivity index (χ3n) is 3.27. The van der Waals surface area contributed by atoms with E-state index in [1.807, 2.05) is 42.5 Å². The average Bonchev–Trinajstić information content (AvgIpc) is 2.64. The van der Waals surface area contributed by atoms with Crippen LogP contribution < -0.4 is 0 Å². The number of thioether (sulfide) groups is 2. The zero-order valence-corrected chi connectivity index (χ0v) is 15.0. The maximum Gasteiger partial charge on any atom is 0.313 e. The fourth-order valence-corrected chi connectivity index (χ4v) is 3.43. The zero-order chi connectivity index (χ0) is 18.5. The maximum atomic E-state index is 10.8. The largest absolute Gasteiger partial charge is 0.481 e. The van der Waals surface area contributed by atoms with E-state index < -0.39 is 11.9 Å². The molecule has 3 rings (SSSR count). The number of nitrogens with zero attached hydrogens (tertiary/aromatic N) is 3. The van der Waals surface area contributed by atoms with Crippen LogP contribution in [-0.4, -0.2) is 48.6 Å². The molecule has 26 heavy (non-hydrogen) atoms. The molecule has 0 saturated carbocycles. The Balaban J connectivity index is 2.06. The van der Waals surface area contributed by atoms with Crippen molar-refractivity contribution in [3.05, 3.63) is 42.5 Å². The van der Waals surface area contributed by atoms with Gasteiger partial charge in [-0.15, -0.1) is 0 Å². The molecule has 0 atom stereocenters. The van der Waals surface area contributed by atoms with Crippen LogP contribution in [0.25, 0.3) is 22.2 Å². The van der Waals surface area contributed by atoms with Crippen molar-refractivity contribution < 1.29 is 19.8 Å². The number of hydrogen-bond donors (Lipinski definition) is 2. The van der Waals surface area contributed by atoms with Crippen LogP contribution in [-0.2, 0) is 9.59 Å². The van der Waals surface area contributed by atoms with Gasteiger partial charge in [-0.2, -0.15) is 4.98 Å². The van der Waals surface area contributed by atoms with Gasteiger partial charge < -0.3 is 10.2 Å². The monoisotopic (exact) mass is 387 g/mol. The summed E-state index contributed by atoms with van der Waals surface area (Å²) in [5.41, 5.74) is 0.778. The third-order valence-corrected chi connectivity index (χ3v) is 4.94. The minimum absolute atomic E-state index is 0.192. The topological polar surface area (TPSA) is 113 Å². The van der Waals surface area contributed by atoms with Gasteiger partial charge in [0.05, 0.1) is 11.5 Å². The molecule has 2 N–H and O–H groups in total. The summed E-state index contributed by atoms with van der Waals surface area (Å²) in [7, 11) is 0. The van der Waals surface area contributed by atoms with Crippen LogP contribution in [0.4, 0.5) is 0 Å². The van der Waals surface area contributed by atoms with E-state index in [1.54, 1.807) is 0 Å². The lowest BCUT2D eigenvalue weighted by Gasteiger charge is -2.08. The molecule has 132 valence electrons. The van der Waals surface area contributed by atoms with Gasteiger partial charge in [0, 0.05) is 5.56 Å². The van der Waals surface area contributed by atoms with E-state index in [-0.39, 0.29) is 21.8 Å². The van der Waals surface area contributed by atoms with Crippen LogP contribution in [0.2, 0.25) is 0 Å². The second kappa shape index (κ2) is 8.15. The molecule has 1 heterocycles. The van der Waals surface area contributed by atoms with Gasteiger partial charge in [-0.05, 0) is 10.8 Å². The molecule has 7 nitrogen and oxygen atoms in total. The van der Waals surface area contributed by atoms with E-state index in [4.69, 9.17) is 10.2 Å². The Morgan fingerprint density at radius 3 is 2.00 bits per heavy atom. The van der Waals surface area contributed by atoms with Crippen LogP contribution >= 0.6 is 23.5 Å². The molecule has 0 fully saturated rings. The Morgan fingerprint density at radius 1 is 0.808 bits per heavy atom. The molecular formula is C17H13N3O4S2. The molecular weight excluding hydrogens is 374 g/mol. The number of hydrogen-bond acceptors (Lipinski definition) is 7. The second-order valence-corrected chi connectivity index (χ2v) is 7.00. The lowest BCUT2D eigenvalue weighted by molar-refractivity contribution is -0.134. The average molecular weight is 387 g/mol. The van der Waals surface area contributed by atoms with Crippen molar-refractivity contribution in [1.29, 1.82) is 0 Å². The first-order valence-electron chi connectivity index (χ1n) is 7.46. The summed E-state index contributed by atoms with van der Waals surface area (Å²) in [6.07, 6.45) is 0. The summed E-state index contributed by atoms with van der Waals surface area (Å²) in [6, 6.07) is 13.5. The molecule has 0 aliphatic heterocycles. The van der Waals surface area contributed by atoms with Gasteiger partial charge >= 0.3 is 11.9 Å². The Bertz CT molecular complexity index is 940. The van der Waals surface area contributed by atoms with Crippen molar-refractivity contribution >= 4 is 46.2 Å². The SMILES string of the molecule is O=C(O)CSc1nc(SCC(=O)O)nc(-c2cccc3ccccc23)n1. The van der Waals surface area contributed by atoms with E-state index in [0.717, 1.165) is 39.9 Å². The maximum absolute atomic E-state index is 10.8. The van der Waals surface area contributed by atoms with Gasteiger partial charge in [0.1, 0.15) is 0 Å². The van der Waals surface area contributed by atoms with Gasteiger partial charge in [0.25, 0.3) is 0 Å². The lowest BCUT2D eigenvalue weighted by atomic mass is 10.0. The molecule has 0 aliphatic carbocycles. The van der Waals surface area contributed by atoms with Crippen LogP contribution in [0.5, 0.6) is 0 Å². The van der Waals surface area contributed by atoms with Gasteiger partial charge in [-0.25, -0.2) is 9.97 Å². The normalized spacial score (nSPS) is 10.8. The van der Waals surface area contributed by atoms with Crippen molar-refractivity contribution in [3.63, 3.8) is 0 Å². The van der Waals surface area contributed by atoms with Gasteiger partial charge in [0.2, 0.25) is 0 Å². The number of carboxylic acids is 2. The molecule has 0 amide bonds. The number of carbonyl (C=O) groups is 2. The summed E-state index contributed by atoms with van der Waals surface area (Å²) in [6.45, 7) is 0. The first-order chi connectivity index (χ1) is 12.5. The van der Waals surface area contributed by atoms with Crippen LogP contribution in [0.15, 0.2) is 52.8 Å². The Morgan fingerprint density at radius 2 is 1.38 bits per heavy atom. The number of rotatable bonds is 7. The Labute approximate surface area is 156 Å². The lowest BCUT2D eigenvalue weighted by Crippen LogP contribution is -2.04. The van der Waals surface area contributed by atoms with E-state index in [0.29, 0.717) is 5.82 Å². The molecule has 0 radical (unpaired) electrons. The fraction of sp³-hybridized carbons (Fsp3) is 0.118. The predicted octanol–water partition coefficient (Wildman–Crippen LogP) is 3.05. The Hall–Kier alpha value is -2.65. The van der Waals surface area contributed by atoms with Crippen molar-refractivity contribution in [1.82, 2.24) is 15.0 Å². The highest BCUT2D eigenvalue weighted by Crippen LogP contribution is 2.29. The van der Waals surface area contributed by atoms with E-state index in [9.17, 15) is 9.59 Å². The summed E-state index contributed by atoms with van der Waals surface area (Å²) in [5, 5.41) is 20.2. The van der Waals surface area contributed by atoms with Crippen molar-refractivity contribution in [2.24, 2.45) is 0 Å². The minimum Gasteiger partial charge on any atom is -0.481 e. The third kappa shape index (κ3) is 4.50. The highest BCUT2D eigenvalue weighted by molar-refractivity contribution is 8.00. The standard InChI is InChI=1S/C17H13N3O4S2/c21-13(22)8-25-16-18-15(19-17(20-16)26-9-14(23)24)12-7-3-5-10-4-1-2-6-11(10)12/h1-7H,8-9H2,(H,21,22)(H,23,24). The molecule has 0 spiro atoms. The number of fused-ring (bicyclic) bond motifs is 1. The smallest absolute Gasteiger partial charge is 0.313 e. The first kappa shape index (κ1) is 18.2. The van der Waals surface area contributed by atoms with Gasteiger partial charge in [-0.1, -0.05) is 66.0 Å². The van der Waals surface area contributed by atoms with Crippen LogP contribution in [0.3, 0.4) is 0 Å². The summed E-state index contributed by atoms with van der Waals surface area (Å²) >= 11 is 1.94.